The Bertz CT molecular complexity index is 807. The number of likely N-dealkylation sites (N-methyl/N-ethyl adjacent to an activating group) is 1. The van der Waals surface area contributed by atoms with E-state index >= 15 is 0 Å². The molecule has 1 aromatic heterocycles. The summed E-state index contributed by atoms with van der Waals surface area (Å²) in [4.78, 5) is 14.5. The average Bonchev–Trinajstić information content (AvgIpc) is 2.53. The topological polar surface area (TPSA) is 93.4 Å². The van der Waals surface area contributed by atoms with E-state index in [1.165, 1.54) is 36.5 Å². The maximum absolute atomic E-state index is 12.6. The summed E-state index contributed by atoms with van der Waals surface area (Å²) < 4.78 is 26.5. The number of nitro groups is 1. The quantitative estimate of drug-likeness (QED) is 0.595. The van der Waals surface area contributed by atoms with E-state index in [0.29, 0.717) is 6.42 Å². The highest BCUT2D eigenvalue weighted by atomic mass is 32.2. The predicted octanol–water partition coefficient (Wildman–Crippen LogP) is 2.16. The van der Waals surface area contributed by atoms with Gasteiger partial charge in [-0.05, 0) is 25.1 Å². The van der Waals surface area contributed by atoms with Gasteiger partial charge in [0.25, 0.3) is 5.69 Å². The summed E-state index contributed by atoms with van der Waals surface area (Å²) in [6.07, 6.45) is 2.11. The highest BCUT2D eigenvalue weighted by molar-refractivity contribution is 7.89. The van der Waals surface area contributed by atoms with Crippen LogP contribution in [-0.2, 0) is 16.4 Å². The van der Waals surface area contributed by atoms with E-state index in [1.54, 1.807) is 12.3 Å². The number of nitrogens with zero attached hydrogens (tertiary/aromatic N) is 3. The minimum Gasteiger partial charge on any atom is -0.261 e. The van der Waals surface area contributed by atoms with Crippen LogP contribution in [0.25, 0.3) is 0 Å². The van der Waals surface area contributed by atoms with Gasteiger partial charge >= 0.3 is 0 Å². The molecule has 2 aromatic rings. The van der Waals surface area contributed by atoms with Crippen molar-refractivity contribution in [3.63, 3.8) is 0 Å². The summed E-state index contributed by atoms with van der Waals surface area (Å²) in [5.74, 6) is 0. The molecular formula is C15H17N3O4S. The van der Waals surface area contributed by atoms with Crippen molar-refractivity contribution < 1.29 is 13.3 Å². The van der Waals surface area contributed by atoms with Crippen molar-refractivity contribution in [3.8, 4) is 0 Å². The molecule has 0 fully saturated rings. The number of hydrogen-bond donors (Lipinski definition) is 0. The van der Waals surface area contributed by atoms with Gasteiger partial charge in [-0.25, -0.2) is 12.7 Å². The van der Waals surface area contributed by atoms with Gasteiger partial charge in [0, 0.05) is 43.5 Å². The Hall–Kier alpha value is -2.32. The van der Waals surface area contributed by atoms with Crippen LogP contribution in [0.15, 0.2) is 47.5 Å². The van der Waals surface area contributed by atoms with E-state index in [1.807, 2.05) is 12.1 Å². The molecule has 0 unspecified atom stereocenters. The summed E-state index contributed by atoms with van der Waals surface area (Å²) in [6.45, 7) is 1.68. The van der Waals surface area contributed by atoms with Crippen LogP contribution in [0.2, 0.25) is 0 Å². The third-order valence-electron chi connectivity index (χ3n) is 3.55. The molecule has 0 saturated heterocycles. The first-order valence-corrected chi connectivity index (χ1v) is 8.38. The Morgan fingerprint density at radius 2 is 1.96 bits per heavy atom. The molecule has 0 amide bonds. The van der Waals surface area contributed by atoms with Crippen molar-refractivity contribution in [1.29, 1.82) is 0 Å². The Morgan fingerprint density at radius 1 is 1.22 bits per heavy atom. The van der Waals surface area contributed by atoms with E-state index in [-0.39, 0.29) is 22.7 Å². The molecule has 1 aromatic carbocycles. The summed E-state index contributed by atoms with van der Waals surface area (Å²) in [7, 11) is -2.34. The van der Waals surface area contributed by atoms with Crippen molar-refractivity contribution in [3.05, 3.63) is 64.0 Å². The van der Waals surface area contributed by atoms with Gasteiger partial charge < -0.3 is 0 Å². The fourth-order valence-corrected chi connectivity index (χ4v) is 3.60. The normalized spacial score (nSPS) is 11.6. The van der Waals surface area contributed by atoms with Gasteiger partial charge in [0.1, 0.15) is 0 Å². The molecule has 0 atom stereocenters. The maximum Gasteiger partial charge on any atom is 0.273 e. The Kier molecular flexibility index (Phi) is 5.07. The van der Waals surface area contributed by atoms with Gasteiger partial charge in [-0.1, -0.05) is 12.1 Å². The monoisotopic (exact) mass is 335 g/mol. The van der Waals surface area contributed by atoms with Crippen molar-refractivity contribution in [2.45, 2.75) is 18.2 Å². The summed E-state index contributed by atoms with van der Waals surface area (Å²) in [5, 5.41) is 11.0. The zero-order valence-corrected chi connectivity index (χ0v) is 13.7. The lowest BCUT2D eigenvalue weighted by molar-refractivity contribution is -0.385. The van der Waals surface area contributed by atoms with Gasteiger partial charge in [0.2, 0.25) is 10.0 Å². The third kappa shape index (κ3) is 3.72. The molecule has 0 bridgehead atoms. The second kappa shape index (κ2) is 6.84. The van der Waals surface area contributed by atoms with Crippen molar-refractivity contribution >= 4 is 15.7 Å². The van der Waals surface area contributed by atoms with Gasteiger partial charge in [-0.15, -0.1) is 0 Å². The molecule has 8 heteroatoms. The molecule has 23 heavy (non-hydrogen) atoms. The number of benzene rings is 1. The summed E-state index contributed by atoms with van der Waals surface area (Å²) in [5.41, 5.74) is 0.719. The van der Waals surface area contributed by atoms with E-state index in [4.69, 9.17) is 0 Å². The van der Waals surface area contributed by atoms with E-state index < -0.39 is 14.9 Å². The largest absolute Gasteiger partial charge is 0.273 e. The highest BCUT2D eigenvalue weighted by Gasteiger charge is 2.26. The average molecular weight is 335 g/mol. The first-order chi connectivity index (χ1) is 10.8. The molecule has 0 saturated carbocycles. The standard InChI is InChI=1S/C15H17N3O4S/c1-12-14(18(19)20)7-5-8-15(12)23(21,22)17(2)11-9-13-6-3-4-10-16-13/h3-8,10H,9,11H2,1-2H3. The van der Waals surface area contributed by atoms with Gasteiger partial charge in [-0.2, -0.15) is 0 Å². The van der Waals surface area contributed by atoms with Crippen molar-refractivity contribution in [2.75, 3.05) is 13.6 Å². The lowest BCUT2D eigenvalue weighted by Gasteiger charge is -2.18. The van der Waals surface area contributed by atoms with Crippen LogP contribution in [-0.4, -0.2) is 36.2 Å². The van der Waals surface area contributed by atoms with E-state index in [2.05, 4.69) is 4.98 Å². The smallest absolute Gasteiger partial charge is 0.261 e. The van der Waals surface area contributed by atoms with Crippen molar-refractivity contribution in [2.24, 2.45) is 0 Å². The maximum atomic E-state index is 12.6. The number of pyridine rings is 1. The van der Waals surface area contributed by atoms with Crippen LogP contribution >= 0.6 is 0 Å². The molecular weight excluding hydrogens is 318 g/mol. The molecule has 0 spiro atoms. The minimum absolute atomic E-state index is 0.0461. The molecule has 122 valence electrons. The zero-order chi connectivity index (χ0) is 17.0. The Labute approximate surface area is 134 Å². The predicted molar refractivity (Wildman–Crippen MR) is 85.6 cm³/mol. The molecule has 1 heterocycles. The van der Waals surface area contributed by atoms with Crippen molar-refractivity contribution in [1.82, 2.24) is 9.29 Å². The SMILES string of the molecule is Cc1c([N+](=O)[O-])cccc1S(=O)(=O)N(C)CCc1ccccn1. The fraction of sp³-hybridized carbons (Fsp3) is 0.267. The summed E-state index contributed by atoms with van der Waals surface area (Å²) in [6, 6.07) is 9.50. The molecule has 0 aliphatic carbocycles. The second-order valence-electron chi connectivity index (χ2n) is 5.06. The first-order valence-electron chi connectivity index (χ1n) is 6.94. The first kappa shape index (κ1) is 17.0. The molecule has 0 aliphatic rings. The minimum atomic E-state index is -3.79. The van der Waals surface area contributed by atoms with Gasteiger partial charge in [0.15, 0.2) is 0 Å². The molecule has 0 N–H and O–H groups in total. The number of hydrogen-bond acceptors (Lipinski definition) is 5. The van der Waals surface area contributed by atoms with Crippen LogP contribution in [0, 0.1) is 17.0 Å². The Morgan fingerprint density at radius 3 is 2.57 bits per heavy atom. The Balaban J connectivity index is 2.24. The number of sulfonamides is 1. The lowest BCUT2D eigenvalue weighted by Crippen LogP contribution is -2.29. The summed E-state index contributed by atoms with van der Waals surface area (Å²) >= 11 is 0. The van der Waals surface area contributed by atoms with Gasteiger partial charge in [-0.3, -0.25) is 15.1 Å². The number of rotatable bonds is 6. The molecule has 0 radical (unpaired) electrons. The van der Waals surface area contributed by atoms with Crippen LogP contribution in [0.3, 0.4) is 0 Å². The number of aromatic nitrogens is 1. The van der Waals surface area contributed by atoms with Crippen LogP contribution in [0.4, 0.5) is 5.69 Å². The molecule has 0 aliphatic heterocycles. The third-order valence-corrected chi connectivity index (χ3v) is 5.55. The van der Waals surface area contributed by atoms with Crippen LogP contribution in [0.5, 0.6) is 0 Å². The van der Waals surface area contributed by atoms with Gasteiger partial charge in [0.05, 0.1) is 9.82 Å². The van der Waals surface area contributed by atoms with E-state index in [0.717, 1.165) is 5.69 Å². The number of nitro benzene ring substituents is 1. The lowest BCUT2D eigenvalue weighted by atomic mass is 10.2. The zero-order valence-electron chi connectivity index (χ0n) is 12.8. The fourth-order valence-electron chi connectivity index (χ4n) is 2.19. The van der Waals surface area contributed by atoms with E-state index in [9.17, 15) is 18.5 Å². The van der Waals surface area contributed by atoms with Crippen LogP contribution < -0.4 is 0 Å². The molecule has 2 rings (SSSR count). The second-order valence-corrected chi connectivity index (χ2v) is 7.07. The highest BCUT2D eigenvalue weighted by Crippen LogP contribution is 2.26. The molecule has 7 nitrogen and oxygen atoms in total. The van der Waals surface area contributed by atoms with Crippen LogP contribution in [0.1, 0.15) is 11.3 Å².